The maximum atomic E-state index is 12.4. The molecule has 2 N–H and O–H groups in total. The fourth-order valence-corrected chi connectivity index (χ4v) is 3.13. The highest BCUT2D eigenvalue weighted by molar-refractivity contribution is 5.82. The van der Waals surface area contributed by atoms with Gasteiger partial charge in [-0.2, -0.15) is 0 Å². The summed E-state index contributed by atoms with van der Waals surface area (Å²) in [6.45, 7) is 11.1. The highest BCUT2D eigenvalue weighted by Crippen LogP contribution is 2.19. The number of carbonyl (C=O) groups excluding carboxylic acids is 2. The van der Waals surface area contributed by atoms with Crippen LogP contribution in [0.1, 0.15) is 40.0 Å². The minimum absolute atomic E-state index is 0.0273. The van der Waals surface area contributed by atoms with Gasteiger partial charge in [-0.05, 0) is 24.7 Å². The molecule has 0 aromatic rings. The molecule has 132 valence electrons. The lowest BCUT2D eigenvalue weighted by atomic mass is 9.86. The van der Waals surface area contributed by atoms with Gasteiger partial charge in [0.05, 0.1) is 12.6 Å². The van der Waals surface area contributed by atoms with Gasteiger partial charge >= 0.3 is 0 Å². The number of rotatable bonds is 3. The van der Waals surface area contributed by atoms with Crippen molar-refractivity contribution >= 4 is 11.8 Å². The van der Waals surface area contributed by atoms with Gasteiger partial charge in [-0.1, -0.05) is 20.8 Å². The molecule has 0 bridgehead atoms. The minimum atomic E-state index is -0.468. The van der Waals surface area contributed by atoms with Crippen molar-refractivity contribution in [3.05, 3.63) is 0 Å². The molecule has 0 aromatic heterocycles. The van der Waals surface area contributed by atoms with Crippen LogP contribution < -0.4 is 5.73 Å². The van der Waals surface area contributed by atoms with Crippen molar-refractivity contribution in [2.24, 2.45) is 11.1 Å². The van der Waals surface area contributed by atoms with Crippen molar-refractivity contribution in [2.75, 3.05) is 45.8 Å². The third-order valence-corrected chi connectivity index (χ3v) is 4.95. The Morgan fingerprint density at radius 1 is 0.913 bits per heavy atom. The summed E-state index contributed by atoms with van der Waals surface area (Å²) in [7, 11) is 0. The van der Waals surface area contributed by atoms with Crippen LogP contribution >= 0.6 is 0 Å². The Labute approximate surface area is 140 Å². The van der Waals surface area contributed by atoms with E-state index >= 15 is 0 Å². The molecule has 23 heavy (non-hydrogen) atoms. The number of nitrogens with zero attached hydrogens (tertiary/aromatic N) is 3. The molecule has 0 aliphatic carbocycles. The van der Waals surface area contributed by atoms with Gasteiger partial charge in [-0.3, -0.25) is 14.5 Å². The first-order valence-corrected chi connectivity index (χ1v) is 8.83. The predicted molar refractivity (Wildman–Crippen MR) is 90.9 cm³/mol. The van der Waals surface area contributed by atoms with Crippen LogP contribution in [0.4, 0.5) is 0 Å². The molecule has 2 amide bonds. The fourth-order valence-electron chi connectivity index (χ4n) is 3.13. The summed E-state index contributed by atoms with van der Waals surface area (Å²) >= 11 is 0. The van der Waals surface area contributed by atoms with Crippen LogP contribution in [0.15, 0.2) is 0 Å². The van der Waals surface area contributed by atoms with E-state index < -0.39 is 6.04 Å². The Morgan fingerprint density at radius 2 is 1.48 bits per heavy atom. The van der Waals surface area contributed by atoms with Crippen molar-refractivity contribution in [1.82, 2.24) is 14.7 Å². The molecule has 0 radical (unpaired) electrons. The number of hydrogen-bond donors (Lipinski definition) is 1. The fraction of sp³-hybridized carbons (Fsp3) is 0.882. The molecule has 2 aliphatic heterocycles. The number of carbonyl (C=O) groups is 2. The van der Waals surface area contributed by atoms with Crippen LogP contribution in [0.2, 0.25) is 0 Å². The molecule has 2 heterocycles. The summed E-state index contributed by atoms with van der Waals surface area (Å²) in [6, 6.07) is -0.468. The minimum Gasteiger partial charge on any atom is -0.342 e. The Kier molecular flexibility index (Phi) is 6.03. The Hall–Kier alpha value is -1.14. The van der Waals surface area contributed by atoms with Crippen LogP contribution in [0.25, 0.3) is 0 Å². The van der Waals surface area contributed by atoms with Crippen LogP contribution in [0.3, 0.4) is 0 Å². The molecular weight excluding hydrogens is 292 g/mol. The van der Waals surface area contributed by atoms with E-state index in [1.165, 1.54) is 6.42 Å². The Balaban J connectivity index is 1.77. The second-order valence-corrected chi connectivity index (χ2v) is 7.89. The van der Waals surface area contributed by atoms with Crippen LogP contribution in [-0.4, -0.2) is 78.4 Å². The number of nitrogens with two attached hydrogens (primary N) is 1. The Morgan fingerprint density at radius 3 is 2.00 bits per heavy atom. The zero-order valence-electron chi connectivity index (χ0n) is 14.9. The second-order valence-electron chi connectivity index (χ2n) is 7.89. The second kappa shape index (κ2) is 7.62. The first-order valence-electron chi connectivity index (χ1n) is 8.83. The molecule has 6 heteroatoms. The van der Waals surface area contributed by atoms with Crippen LogP contribution in [0.5, 0.6) is 0 Å². The third-order valence-electron chi connectivity index (χ3n) is 4.95. The van der Waals surface area contributed by atoms with Gasteiger partial charge in [0.15, 0.2) is 0 Å². The maximum absolute atomic E-state index is 12.4. The molecule has 1 atom stereocenters. The lowest BCUT2D eigenvalue weighted by Crippen LogP contribution is -2.57. The molecule has 0 spiro atoms. The van der Waals surface area contributed by atoms with Gasteiger partial charge in [0.2, 0.25) is 11.8 Å². The van der Waals surface area contributed by atoms with Crippen molar-refractivity contribution in [3.8, 4) is 0 Å². The van der Waals surface area contributed by atoms with Gasteiger partial charge < -0.3 is 15.5 Å². The van der Waals surface area contributed by atoms with E-state index in [-0.39, 0.29) is 17.2 Å². The van der Waals surface area contributed by atoms with Gasteiger partial charge in [0.1, 0.15) is 0 Å². The highest BCUT2D eigenvalue weighted by Gasteiger charge is 2.33. The first kappa shape index (κ1) is 18.2. The van der Waals surface area contributed by atoms with Crippen molar-refractivity contribution in [3.63, 3.8) is 0 Å². The van der Waals surface area contributed by atoms with E-state index in [4.69, 9.17) is 5.73 Å². The number of likely N-dealkylation sites (tertiary alicyclic amines) is 1. The van der Waals surface area contributed by atoms with E-state index in [1.807, 2.05) is 30.6 Å². The standard InChI is InChI=1S/C17H32N4O2/c1-17(2,3)15(18)16(23)21-11-9-19(10-12-21)13-14(22)20-7-5-4-6-8-20/h15H,4-13,18H2,1-3H3/t15-/m1/s1. The van der Waals surface area contributed by atoms with Gasteiger partial charge in [0, 0.05) is 39.3 Å². The van der Waals surface area contributed by atoms with E-state index in [9.17, 15) is 9.59 Å². The zero-order chi connectivity index (χ0) is 17.0. The molecule has 0 unspecified atom stereocenters. The SMILES string of the molecule is CC(C)(C)[C@H](N)C(=O)N1CCN(CC(=O)N2CCCCC2)CC1. The maximum Gasteiger partial charge on any atom is 0.240 e. The monoisotopic (exact) mass is 324 g/mol. The molecule has 2 aliphatic rings. The normalized spacial score (nSPS) is 22.1. The molecule has 0 saturated carbocycles. The summed E-state index contributed by atoms with van der Waals surface area (Å²) in [5, 5.41) is 0. The molecule has 6 nitrogen and oxygen atoms in total. The lowest BCUT2D eigenvalue weighted by molar-refractivity contribution is -0.138. The molecular formula is C17H32N4O2. The van der Waals surface area contributed by atoms with Crippen molar-refractivity contribution < 1.29 is 9.59 Å². The van der Waals surface area contributed by atoms with E-state index in [0.717, 1.165) is 39.0 Å². The van der Waals surface area contributed by atoms with Crippen LogP contribution in [-0.2, 0) is 9.59 Å². The quantitative estimate of drug-likeness (QED) is 0.821. The summed E-state index contributed by atoms with van der Waals surface area (Å²) in [5.74, 6) is 0.260. The highest BCUT2D eigenvalue weighted by atomic mass is 16.2. The predicted octanol–water partition coefficient (Wildman–Crippen LogP) is 0.517. The number of hydrogen-bond acceptors (Lipinski definition) is 4. The number of amides is 2. The Bertz CT molecular complexity index is 419. The smallest absolute Gasteiger partial charge is 0.240 e. The third kappa shape index (κ3) is 4.91. The number of piperidine rings is 1. The largest absolute Gasteiger partial charge is 0.342 e. The number of piperazine rings is 1. The molecule has 0 aromatic carbocycles. The first-order chi connectivity index (χ1) is 10.8. The van der Waals surface area contributed by atoms with Crippen LogP contribution in [0, 0.1) is 5.41 Å². The average molecular weight is 324 g/mol. The van der Waals surface area contributed by atoms with Crippen molar-refractivity contribution in [1.29, 1.82) is 0 Å². The summed E-state index contributed by atoms with van der Waals surface area (Å²) in [5.41, 5.74) is 5.85. The molecule has 2 rings (SSSR count). The zero-order valence-corrected chi connectivity index (χ0v) is 14.9. The van der Waals surface area contributed by atoms with Gasteiger partial charge in [-0.25, -0.2) is 0 Å². The average Bonchev–Trinajstić information content (AvgIpc) is 2.54. The lowest BCUT2D eigenvalue weighted by Gasteiger charge is -2.38. The molecule has 2 fully saturated rings. The van der Waals surface area contributed by atoms with Crippen molar-refractivity contribution in [2.45, 2.75) is 46.1 Å². The van der Waals surface area contributed by atoms with Gasteiger partial charge in [0.25, 0.3) is 0 Å². The summed E-state index contributed by atoms with van der Waals surface area (Å²) < 4.78 is 0. The topological polar surface area (TPSA) is 69.9 Å². The summed E-state index contributed by atoms with van der Waals surface area (Å²) in [4.78, 5) is 30.7. The molecule has 2 saturated heterocycles. The van der Waals surface area contributed by atoms with E-state index in [1.54, 1.807) is 0 Å². The van der Waals surface area contributed by atoms with E-state index in [0.29, 0.717) is 19.6 Å². The van der Waals surface area contributed by atoms with E-state index in [2.05, 4.69) is 4.90 Å². The van der Waals surface area contributed by atoms with Gasteiger partial charge in [-0.15, -0.1) is 0 Å². The summed E-state index contributed by atoms with van der Waals surface area (Å²) in [6.07, 6.45) is 3.48.